The van der Waals surface area contributed by atoms with Crippen molar-refractivity contribution in [2.45, 2.75) is 47.0 Å². The van der Waals surface area contributed by atoms with Crippen molar-refractivity contribution in [2.75, 3.05) is 36.8 Å². The van der Waals surface area contributed by atoms with Crippen LogP contribution in [0.5, 0.6) is 0 Å². The van der Waals surface area contributed by atoms with Gasteiger partial charge in [0, 0.05) is 37.6 Å². The topological polar surface area (TPSA) is 49.6 Å². The second-order valence-corrected chi connectivity index (χ2v) is 7.42. The van der Waals surface area contributed by atoms with E-state index in [0.717, 1.165) is 50.3 Å². The van der Waals surface area contributed by atoms with Crippen LogP contribution in [0.2, 0.25) is 0 Å². The molecule has 0 aliphatic carbocycles. The normalized spacial score (nSPS) is 20.9. The van der Waals surface area contributed by atoms with E-state index in [1.165, 1.54) is 6.42 Å². The van der Waals surface area contributed by atoms with Crippen molar-refractivity contribution >= 4 is 17.3 Å². The van der Waals surface area contributed by atoms with Gasteiger partial charge in [0.05, 0.1) is 5.56 Å². The molecular formula is C20H33N3O. The number of benzene rings is 1. The zero-order valence-corrected chi connectivity index (χ0v) is 15.7. The summed E-state index contributed by atoms with van der Waals surface area (Å²) in [5.41, 5.74) is 8.46. The lowest BCUT2D eigenvalue weighted by Crippen LogP contribution is -2.43. The van der Waals surface area contributed by atoms with Gasteiger partial charge in [0.25, 0.3) is 5.91 Å². The summed E-state index contributed by atoms with van der Waals surface area (Å²) < 4.78 is 0. The maximum atomic E-state index is 13.2. The molecule has 1 fully saturated rings. The lowest BCUT2D eigenvalue weighted by atomic mass is 9.91. The minimum Gasteiger partial charge on any atom is -0.399 e. The largest absolute Gasteiger partial charge is 0.399 e. The van der Waals surface area contributed by atoms with Crippen molar-refractivity contribution < 1.29 is 4.79 Å². The van der Waals surface area contributed by atoms with E-state index in [4.69, 9.17) is 5.73 Å². The first-order chi connectivity index (χ1) is 11.5. The van der Waals surface area contributed by atoms with Crippen LogP contribution in [-0.2, 0) is 0 Å². The van der Waals surface area contributed by atoms with Gasteiger partial charge >= 0.3 is 0 Å². The number of rotatable bonds is 6. The Labute approximate surface area is 147 Å². The predicted molar refractivity (Wildman–Crippen MR) is 102 cm³/mol. The molecule has 0 saturated carbocycles. The SMILES string of the molecule is CCCN(CCC)c1ccc(N)cc1C(=O)N1C[C@H](C)C[C@H](C)C1. The van der Waals surface area contributed by atoms with Crippen molar-refractivity contribution in [3.8, 4) is 0 Å². The molecule has 0 spiro atoms. The van der Waals surface area contributed by atoms with Crippen LogP contribution < -0.4 is 10.6 Å². The number of piperidine rings is 1. The smallest absolute Gasteiger partial charge is 0.256 e. The summed E-state index contributed by atoms with van der Waals surface area (Å²) >= 11 is 0. The highest BCUT2D eigenvalue weighted by Crippen LogP contribution is 2.28. The summed E-state index contributed by atoms with van der Waals surface area (Å²) in [6.45, 7) is 12.4. The molecule has 2 atom stereocenters. The molecule has 4 heteroatoms. The Hall–Kier alpha value is -1.71. The molecule has 1 saturated heterocycles. The molecule has 24 heavy (non-hydrogen) atoms. The molecule has 4 nitrogen and oxygen atoms in total. The van der Waals surface area contributed by atoms with Crippen molar-refractivity contribution in [3.63, 3.8) is 0 Å². The molecule has 1 amide bonds. The number of nitrogens with two attached hydrogens (primary N) is 1. The molecule has 1 heterocycles. The summed E-state index contributed by atoms with van der Waals surface area (Å²) in [5.74, 6) is 1.25. The second-order valence-electron chi connectivity index (χ2n) is 7.42. The Morgan fingerprint density at radius 1 is 1.17 bits per heavy atom. The molecule has 1 aromatic rings. The number of carbonyl (C=O) groups excluding carboxylic acids is 1. The first kappa shape index (κ1) is 18.6. The molecule has 0 radical (unpaired) electrons. The maximum Gasteiger partial charge on any atom is 0.256 e. The fraction of sp³-hybridized carbons (Fsp3) is 0.650. The second kappa shape index (κ2) is 8.41. The van der Waals surface area contributed by atoms with E-state index in [1.807, 2.05) is 23.1 Å². The van der Waals surface area contributed by atoms with E-state index in [0.29, 0.717) is 17.5 Å². The van der Waals surface area contributed by atoms with Crippen molar-refractivity contribution in [1.29, 1.82) is 0 Å². The summed E-state index contributed by atoms with van der Waals surface area (Å²) in [5, 5.41) is 0. The molecule has 1 aliphatic heterocycles. The summed E-state index contributed by atoms with van der Waals surface area (Å²) in [6, 6.07) is 5.79. The third-order valence-corrected chi connectivity index (χ3v) is 4.73. The predicted octanol–water partition coefficient (Wildman–Crippen LogP) is 4.01. The highest BCUT2D eigenvalue weighted by molar-refractivity contribution is 6.00. The lowest BCUT2D eigenvalue weighted by Gasteiger charge is -2.36. The van der Waals surface area contributed by atoms with Crippen LogP contribution in [0.25, 0.3) is 0 Å². The molecule has 0 unspecified atom stereocenters. The first-order valence-electron chi connectivity index (χ1n) is 9.39. The van der Waals surface area contributed by atoms with Gasteiger partial charge in [-0.25, -0.2) is 0 Å². The molecule has 0 aromatic heterocycles. The molecule has 1 aromatic carbocycles. The van der Waals surface area contributed by atoms with E-state index >= 15 is 0 Å². The summed E-state index contributed by atoms with van der Waals surface area (Å²) in [6.07, 6.45) is 3.33. The Morgan fingerprint density at radius 2 is 1.75 bits per heavy atom. The number of amides is 1. The molecular weight excluding hydrogens is 298 g/mol. The van der Waals surface area contributed by atoms with Gasteiger partial charge in [-0.05, 0) is 49.3 Å². The maximum absolute atomic E-state index is 13.2. The number of hydrogen-bond donors (Lipinski definition) is 1. The third kappa shape index (κ3) is 4.43. The lowest BCUT2D eigenvalue weighted by molar-refractivity contribution is 0.0624. The molecule has 2 N–H and O–H groups in total. The van der Waals surface area contributed by atoms with Gasteiger partial charge in [0.15, 0.2) is 0 Å². The zero-order valence-electron chi connectivity index (χ0n) is 15.7. The minimum atomic E-state index is 0.132. The van der Waals surface area contributed by atoms with E-state index < -0.39 is 0 Å². The number of nitrogen functional groups attached to an aromatic ring is 1. The number of carbonyl (C=O) groups is 1. The number of hydrogen-bond acceptors (Lipinski definition) is 3. The van der Waals surface area contributed by atoms with Gasteiger partial charge in [0.1, 0.15) is 0 Å². The zero-order chi connectivity index (χ0) is 17.7. The van der Waals surface area contributed by atoms with Crippen molar-refractivity contribution in [2.24, 2.45) is 11.8 Å². The first-order valence-corrected chi connectivity index (χ1v) is 9.39. The van der Waals surface area contributed by atoms with Crippen LogP contribution in [0.15, 0.2) is 18.2 Å². The Morgan fingerprint density at radius 3 is 2.29 bits per heavy atom. The standard InChI is InChI=1S/C20H33N3O/c1-5-9-22(10-6-2)19-8-7-17(21)12-18(19)20(24)23-13-15(3)11-16(4)14-23/h7-8,12,15-16H,5-6,9-11,13-14,21H2,1-4H3/t15-,16+. The Bertz CT molecular complexity index is 542. The summed E-state index contributed by atoms with van der Waals surface area (Å²) in [7, 11) is 0. The fourth-order valence-electron chi connectivity index (χ4n) is 3.89. The van der Waals surface area contributed by atoms with Crippen LogP contribution >= 0.6 is 0 Å². The highest BCUT2D eigenvalue weighted by atomic mass is 16.2. The minimum absolute atomic E-state index is 0.132. The van der Waals surface area contributed by atoms with Gasteiger partial charge in [-0.15, -0.1) is 0 Å². The quantitative estimate of drug-likeness (QED) is 0.801. The van der Waals surface area contributed by atoms with Crippen LogP contribution in [0.1, 0.15) is 57.3 Å². The van der Waals surface area contributed by atoms with Gasteiger partial charge in [-0.3, -0.25) is 4.79 Å². The molecule has 1 aliphatic rings. The summed E-state index contributed by atoms with van der Waals surface area (Å²) in [4.78, 5) is 17.6. The monoisotopic (exact) mass is 331 g/mol. The van der Waals surface area contributed by atoms with Crippen molar-refractivity contribution in [3.05, 3.63) is 23.8 Å². The van der Waals surface area contributed by atoms with Crippen LogP contribution in [-0.4, -0.2) is 37.0 Å². The average Bonchev–Trinajstić information content (AvgIpc) is 2.53. The van der Waals surface area contributed by atoms with Crippen LogP contribution in [0, 0.1) is 11.8 Å². The Kier molecular flexibility index (Phi) is 6.52. The van der Waals surface area contributed by atoms with Crippen LogP contribution in [0.4, 0.5) is 11.4 Å². The van der Waals surface area contributed by atoms with Crippen molar-refractivity contribution in [1.82, 2.24) is 4.90 Å². The number of nitrogens with zero attached hydrogens (tertiary/aromatic N) is 2. The van der Waals surface area contributed by atoms with Crippen LogP contribution in [0.3, 0.4) is 0 Å². The molecule has 134 valence electrons. The Balaban J connectivity index is 2.33. The van der Waals surface area contributed by atoms with E-state index in [-0.39, 0.29) is 5.91 Å². The van der Waals surface area contributed by atoms with E-state index in [2.05, 4.69) is 32.6 Å². The van der Waals surface area contributed by atoms with E-state index in [9.17, 15) is 4.79 Å². The number of anilines is 2. The molecule has 0 bridgehead atoms. The average molecular weight is 332 g/mol. The fourth-order valence-corrected chi connectivity index (χ4v) is 3.89. The van der Waals surface area contributed by atoms with E-state index in [1.54, 1.807) is 0 Å². The molecule has 2 rings (SSSR count). The van der Waals surface area contributed by atoms with Gasteiger partial charge in [-0.2, -0.15) is 0 Å². The third-order valence-electron chi connectivity index (χ3n) is 4.73. The van der Waals surface area contributed by atoms with Gasteiger partial charge in [-0.1, -0.05) is 27.7 Å². The van der Waals surface area contributed by atoms with Gasteiger partial charge < -0.3 is 15.5 Å². The number of likely N-dealkylation sites (tertiary alicyclic amines) is 1. The highest BCUT2D eigenvalue weighted by Gasteiger charge is 2.28. The van der Waals surface area contributed by atoms with Gasteiger partial charge in [0.2, 0.25) is 0 Å².